The Morgan fingerprint density at radius 1 is 1.48 bits per heavy atom. The topological polar surface area (TPSA) is 63.1 Å². The number of nitrogens with one attached hydrogen (secondary N) is 1. The van der Waals surface area contributed by atoms with Crippen LogP contribution in [0.5, 0.6) is 0 Å². The first-order valence-corrected chi connectivity index (χ1v) is 8.73. The molecule has 0 saturated heterocycles. The van der Waals surface area contributed by atoms with Gasteiger partial charge in [-0.25, -0.2) is 4.98 Å². The van der Waals surface area contributed by atoms with Crippen LogP contribution in [0.1, 0.15) is 32.4 Å². The second kappa shape index (κ2) is 6.80. The fraction of sp³-hybridized carbons (Fsp3) is 0.562. The van der Waals surface area contributed by atoms with Gasteiger partial charge in [0.15, 0.2) is 0 Å². The zero-order chi connectivity index (χ0) is 16.4. The number of hydrogen-bond donors (Lipinski definition) is 1. The van der Waals surface area contributed by atoms with E-state index in [0.717, 1.165) is 41.5 Å². The first-order chi connectivity index (χ1) is 11.0. The second-order valence-electron chi connectivity index (χ2n) is 6.40. The molecule has 0 radical (unpaired) electrons. The summed E-state index contributed by atoms with van der Waals surface area (Å²) in [5, 5.41) is 8.28. The van der Waals surface area contributed by atoms with Crippen LogP contribution in [0.2, 0.25) is 0 Å². The lowest BCUT2D eigenvalue weighted by atomic mass is 9.94. The molecule has 23 heavy (non-hydrogen) atoms. The number of carbonyl (C=O) groups excluding carboxylic acids is 1. The highest BCUT2D eigenvalue weighted by Crippen LogP contribution is 2.23. The maximum atomic E-state index is 12.5. The minimum absolute atomic E-state index is 0.0513. The van der Waals surface area contributed by atoms with Gasteiger partial charge in [0.2, 0.25) is 0 Å². The summed E-state index contributed by atoms with van der Waals surface area (Å²) in [6.07, 6.45) is 5.57. The number of aromatic nitrogens is 3. The van der Waals surface area contributed by atoms with Crippen LogP contribution >= 0.6 is 11.3 Å². The van der Waals surface area contributed by atoms with Gasteiger partial charge in [0, 0.05) is 24.2 Å². The normalized spacial score (nSPS) is 17.3. The van der Waals surface area contributed by atoms with Crippen LogP contribution in [0.25, 0.3) is 0 Å². The van der Waals surface area contributed by atoms with Crippen molar-refractivity contribution in [3.8, 4) is 0 Å². The van der Waals surface area contributed by atoms with E-state index in [4.69, 9.17) is 0 Å². The molecule has 2 aromatic rings. The molecule has 0 aromatic carbocycles. The molecule has 124 valence electrons. The van der Waals surface area contributed by atoms with Gasteiger partial charge in [0.05, 0.1) is 24.0 Å². The molecule has 0 saturated carbocycles. The van der Waals surface area contributed by atoms with Crippen LogP contribution in [0.15, 0.2) is 12.4 Å². The Morgan fingerprint density at radius 3 is 3.00 bits per heavy atom. The van der Waals surface area contributed by atoms with Gasteiger partial charge >= 0.3 is 0 Å². The SMILES string of the molecule is Cc1cnc(CNC(=O)c2cnn3c2C[C@H](CN(C)C)CC3)s1. The lowest BCUT2D eigenvalue weighted by Gasteiger charge is -2.26. The molecular formula is C16H23N5OS. The fourth-order valence-electron chi connectivity index (χ4n) is 3.10. The largest absolute Gasteiger partial charge is 0.345 e. The van der Waals surface area contributed by atoms with Gasteiger partial charge in [-0.3, -0.25) is 9.48 Å². The molecule has 7 heteroatoms. The van der Waals surface area contributed by atoms with Crippen molar-refractivity contribution < 1.29 is 4.79 Å². The predicted molar refractivity (Wildman–Crippen MR) is 90.6 cm³/mol. The highest BCUT2D eigenvalue weighted by molar-refractivity contribution is 7.11. The first-order valence-electron chi connectivity index (χ1n) is 7.92. The van der Waals surface area contributed by atoms with Crippen molar-refractivity contribution in [1.29, 1.82) is 0 Å². The minimum atomic E-state index is -0.0513. The van der Waals surface area contributed by atoms with Crippen LogP contribution in [0, 0.1) is 12.8 Å². The highest BCUT2D eigenvalue weighted by atomic mass is 32.1. The van der Waals surface area contributed by atoms with E-state index < -0.39 is 0 Å². The summed E-state index contributed by atoms with van der Waals surface area (Å²) >= 11 is 1.61. The van der Waals surface area contributed by atoms with Gasteiger partial charge in [0.1, 0.15) is 5.01 Å². The van der Waals surface area contributed by atoms with Gasteiger partial charge in [-0.15, -0.1) is 11.3 Å². The van der Waals surface area contributed by atoms with Crippen LogP contribution in [-0.4, -0.2) is 46.2 Å². The third-order valence-corrected chi connectivity index (χ3v) is 5.03. The smallest absolute Gasteiger partial charge is 0.255 e. The monoisotopic (exact) mass is 333 g/mol. The van der Waals surface area contributed by atoms with Crippen molar-refractivity contribution in [1.82, 2.24) is 25.0 Å². The first kappa shape index (κ1) is 16.1. The highest BCUT2D eigenvalue weighted by Gasteiger charge is 2.25. The maximum absolute atomic E-state index is 12.5. The molecule has 3 heterocycles. The number of fused-ring (bicyclic) bond motifs is 1. The summed E-state index contributed by atoms with van der Waals surface area (Å²) in [6.45, 7) is 4.43. The molecule has 1 aliphatic heterocycles. The molecule has 1 N–H and O–H groups in total. The number of thiazole rings is 1. The Bertz CT molecular complexity index is 690. The molecular weight excluding hydrogens is 310 g/mol. The number of nitrogens with zero attached hydrogens (tertiary/aromatic N) is 4. The molecule has 6 nitrogen and oxygen atoms in total. The summed E-state index contributed by atoms with van der Waals surface area (Å²) in [5.74, 6) is 0.534. The van der Waals surface area contributed by atoms with Crippen LogP contribution in [-0.2, 0) is 19.5 Å². The van der Waals surface area contributed by atoms with Crippen LogP contribution < -0.4 is 5.32 Å². The van der Waals surface area contributed by atoms with Crippen LogP contribution in [0.4, 0.5) is 0 Å². The number of hydrogen-bond acceptors (Lipinski definition) is 5. The molecule has 1 atom stereocenters. The molecule has 1 aliphatic rings. The van der Waals surface area contributed by atoms with Crippen molar-refractivity contribution in [2.24, 2.45) is 5.92 Å². The average molecular weight is 333 g/mol. The Labute approximate surface area is 140 Å². The summed E-state index contributed by atoms with van der Waals surface area (Å²) in [6, 6.07) is 0. The van der Waals surface area contributed by atoms with E-state index in [-0.39, 0.29) is 5.91 Å². The fourth-order valence-corrected chi connectivity index (χ4v) is 3.82. The maximum Gasteiger partial charge on any atom is 0.255 e. The third-order valence-electron chi connectivity index (χ3n) is 4.12. The lowest BCUT2D eigenvalue weighted by Crippen LogP contribution is -2.31. The molecule has 0 fully saturated rings. The van der Waals surface area contributed by atoms with Crippen LogP contribution in [0.3, 0.4) is 0 Å². The third kappa shape index (κ3) is 3.79. The minimum Gasteiger partial charge on any atom is -0.345 e. The molecule has 0 bridgehead atoms. The van der Waals surface area contributed by atoms with Crippen molar-refractivity contribution in [2.75, 3.05) is 20.6 Å². The van der Waals surface area contributed by atoms with Gasteiger partial charge in [-0.05, 0) is 39.8 Å². The number of rotatable bonds is 5. The Morgan fingerprint density at radius 2 is 2.30 bits per heavy atom. The van der Waals surface area contributed by atoms with E-state index in [2.05, 4.69) is 34.4 Å². The number of carbonyl (C=O) groups is 1. The predicted octanol–water partition coefficient (Wildman–Crippen LogP) is 1.70. The Kier molecular flexibility index (Phi) is 4.77. The zero-order valence-electron chi connectivity index (χ0n) is 13.9. The standard InChI is InChI=1S/C16H23N5OS/c1-11-7-17-15(23-11)9-18-16(22)13-8-19-21-5-4-12(6-14(13)21)10-20(2)3/h7-8,12H,4-6,9-10H2,1-3H3,(H,18,22)/t12-/m1/s1. The van der Waals surface area contributed by atoms with Gasteiger partial charge in [-0.2, -0.15) is 5.10 Å². The quantitative estimate of drug-likeness (QED) is 0.905. The molecule has 0 unspecified atom stereocenters. The van der Waals surface area contributed by atoms with Gasteiger partial charge < -0.3 is 10.2 Å². The van der Waals surface area contributed by atoms with Gasteiger partial charge in [-0.1, -0.05) is 0 Å². The molecule has 0 spiro atoms. The summed E-state index contributed by atoms with van der Waals surface area (Å²) < 4.78 is 1.98. The molecule has 0 aliphatic carbocycles. The van der Waals surface area contributed by atoms with E-state index >= 15 is 0 Å². The average Bonchev–Trinajstić information content (AvgIpc) is 3.10. The van der Waals surface area contributed by atoms with Crippen molar-refractivity contribution in [2.45, 2.75) is 32.9 Å². The van der Waals surface area contributed by atoms with E-state index in [1.54, 1.807) is 17.5 Å². The Hall–Kier alpha value is -1.73. The molecule has 3 rings (SSSR count). The summed E-state index contributed by atoms with van der Waals surface area (Å²) in [5.41, 5.74) is 1.78. The Balaban J connectivity index is 1.66. The number of aryl methyl sites for hydroxylation is 2. The number of amides is 1. The van der Waals surface area contributed by atoms with Crippen molar-refractivity contribution in [3.63, 3.8) is 0 Å². The van der Waals surface area contributed by atoms with E-state index in [1.165, 1.54) is 0 Å². The van der Waals surface area contributed by atoms with E-state index in [0.29, 0.717) is 18.0 Å². The second-order valence-corrected chi connectivity index (χ2v) is 7.72. The van der Waals surface area contributed by atoms with E-state index in [9.17, 15) is 4.79 Å². The molecule has 1 amide bonds. The molecule has 2 aromatic heterocycles. The summed E-state index contributed by atoms with van der Waals surface area (Å²) in [7, 11) is 4.19. The summed E-state index contributed by atoms with van der Waals surface area (Å²) in [4.78, 5) is 20.1. The zero-order valence-corrected chi connectivity index (χ0v) is 14.7. The van der Waals surface area contributed by atoms with E-state index in [1.807, 2.05) is 17.8 Å². The lowest BCUT2D eigenvalue weighted by molar-refractivity contribution is 0.0949. The van der Waals surface area contributed by atoms with Crippen molar-refractivity contribution >= 4 is 17.2 Å². The van der Waals surface area contributed by atoms with Gasteiger partial charge in [0.25, 0.3) is 5.91 Å². The van der Waals surface area contributed by atoms with Crippen molar-refractivity contribution in [3.05, 3.63) is 33.5 Å².